The van der Waals surface area contributed by atoms with Gasteiger partial charge in [-0.15, -0.1) is 7.92 Å². The molecular weight excluding hydrogens is 163 g/mol. The Morgan fingerprint density at radius 1 is 1.00 bits per heavy atom. The van der Waals surface area contributed by atoms with Gasteiger partial charge in [0.25, 0.3) is 0 Å². The zero-order valence-electron chi connectivity index (χ0n) is 8.84. The molecule has 0 aromatic carbocycles. The van der Waals surface area contributed by atoms with Crippen molar-refractivity contribution in [3.63, 3.8) is 0 Å². The lowest BCUT2D eigenvalue weighted by atomic mass is 10.1. The third-order valence-electron chi connectivity index (χ3n) is 3.23. The van der Waals surface area contributed by atoms with E-state index in [1.165, 1.54) is 25.7 Å². The maximum atomic E-state index is 2.54. The zero-order chi connectivity index (χ0) is 8.97. The summed E-state index contributed by atoms with van der Waals surface area (Å²) >= 11 is 0. The summed E-state index contributed by atoms with van der Waals surface area (Å²) in [5, 5.41) is 0. The molecule has 12 heavy (non-hydrogen) atoms. The number of hydrogen-bond acceptors (Lipinski definition) is 0. The molecular formula is C11H23P. The molecule has 0 aliphatic carbocycles. The second-order valence-electron chi connectivity index (χ2n) is 4.13. The topological polar surface area (TPSA) is 0 Å². The lowest BCUT2D eigenvalue weighted by Gasteiger charge is -2.20. The summed E-state index contributed by atoms with van der Waals surface area (Å²) in [4.78, 5) is 0. The van der Waals surface area contributed by atoms with Gasteiger partial charge in [-0.25, -0.2) is 0 Å². The molecule has 1 aliphatic heterocycles. The van der Waals surface area contributed by atoms with E-state index in [-0.39, 0.29) is 0 Å². The van der Waals surface area contributed by atoms with Crippen LogP contribution < -0.4 is 0 Å². The first-order valence-electron chi connectivity index (χ1n) is 5.51. The summed E-state index contributed by atoms with van der Waals surface area (Å²) in [6.45, 7) is 7.20. The smallest absolute Gasteiger partial charge is 0.0209 e. The van der Waals surface area contributed by atoms with Crippen LogP contribution in [0.2, 0.25) is 0 Å². The molecule has 0 bridgehead atoms. The zero-order valence-corrected chi connectivity index (χ0v) is 9.74. The molecule has 1 heteroatoms. The van der Waals surface area contributed by atoms with Gasteiger partial charge < -0.3 is 0 Å². The van der Waals surface area contributed by atoms with E-state index >= 15 is 0 Å². The summed E-state index contributed by atoms with van der Waals surface area (Å²) in [7, 11) is 0.396. The molecule has 72 valence electrons. The van der Waals surface area contributed by atoms with Gasteiger partial charge in [0.1, 0.15) is 0 Å². The molecule has 0 aromatic heterocycles. The van der Waals surface area contributed by atoms with Crippen molar-refractivity contribution < 1.29 is 0 Å². The summed E-state index contributed by atoms with van der Waals surface area (Å²) in [6, 6.07) is 0. The standard InChI is InChI=1S/C11H23P/c1-4-6-10-8-9-11(7-5-2)12(10)3/h10-11H,4-9H2,1-3H3. The van der Waals surface area contributed by atoms with Crippen molar-refractivity contribution in [1.82, 2.24) is 0 Å². The van der Waals surface area contributed by atoms with Crippen molar-refractivity contribution in [3.05, 3.63) is 0 Å². The van der Waals surface area contributed by atoms with Crippen LogP contribution in [0.4, 0.5) is 0 Å². The lowest BCUT2D eigenvalue weighted by Crippen LogP contribution is -2.02. The van der Waals surface area contributed by atoms with Crippen LogP contribution in [0.3, 0.4) is 0 Å². The second-order valence-corrected chi connectivity index (χ2v) is 6.92. The molecule has 0 amide bonds. The monoisotopic (exact) mass is 186 g/mol. The summed E-state index contributed by atoms with van der Waals surface area (Å²) in [6.07, 6.45) is 8.89. The minimum absolute atomic E-state index is 0.396. The molecule has 1 saturated heterocycles. The van der Waals surface area contributed by atoms with Gasteiger partial charge in [0.15, 0.2) is 0 Å². The number of hydrogen-bond donors (Lipinski definition) is 0. The van der Waals surface area contributed by atoms with Gasteiger partial charge >= 0.3 is 0 Å². The van der Waals surface area contributed by atoms with Crippen LogP contribution in [0.25, 0.3) is 0 Å². The van der Waals surface area contributed by atoms with Crippen LogP contribution >= 0.6 is 7.92 Å². The molecule has 1 aliphatic rings. The van der Waals surface area contributed by atoms with Crippen molar-refractivity contribution in [2.24, 2.45) is 0 Å². The van der Waals surface area contributed by atoms with Crippen LogP contribution in [-0.2, 0) is 0 Å². The lowest BCUT2D eigenvalue weighted by molar-refractivity contribution is 0.649. The molecule has 1 fully saturated rings. The first-order chi connectivity index (χ1) is 5.79. The van der Waals surface area contributed by atoms with Gasteiger partial charge in [-0.1, -0.05) is 26.7 Å². The minimum Gasteiger partial charge on any atom is -0.104 e. The Morgan fingerprint density at radius 3 is 1.75 bits per heavy atom. The average molecular weight is 186 g/mol. The minimum atomic E-state index is 0.396. The third-order valence-corrected chi connectivity index (χ3v) is 6.57. The maximum absolute atomic E-state index is 2.54. The molecule has 0 spiro atoms. The summed E-state index contributed by atoms with van der Waals surface area (Å²) in [5.41, 5.74) is 2.25. The highest BCUT2D eigenvalue weighted by Gasteiger charge is 2.30. The molecule has 0 nitrogen and oxygen atoms in total. The van der Waals surface area contributed by atoms with E-state index in [1.54, 1.807) is 12.8 Å². The van der Waals surface area contributed by atoms with E-state index in [9.17, 15) is 0 Å². The fourth-order valence-electron chi connectivity index (χ4n) is 2.45. The van der Waals surface area contributed by atoms with E-state index < -0.39 is 0 Å². The Kier molecular flexibility index (Phi) is 4.57. The SMILES string of the molecule is CCCC1CCC(CCC)P1C. The molecule has 0 radical (unpaired) electrons. The van der Waals surface area contributed by atoms with E-state index in [0.29, 0.717) is 7.92 Å². The van der Waals surface area contributed by atoms with E-state index in [2.05, 4.69) is 20.5 Å². The first kappa shape index (κ1) is 10.5. The van der Waals surface area contributed by atoms with Crippen LogP contribution in [0.1, 0.15) is 52.4 Å². The maximum Gasteiger partial charge on any atom is -0.0209 e. The van der Waals surface area contributed by atoms with Crippen molar-refractivity contribution >= 4 is 7.92 Å². The third kappa shape index (κ3) is 2.46. The summed E-state index contributed by atoms with van der Waals surface area (Å²) < 4.78 is 0. The van der Waals surface area contributed by atoms with Crippen LogP contribution in [-0.4, -0.2) is 18.0 Å². The van der Waals surface area contributed by atoms with Crippen molar-refractivity contribution in [2.75, 3.05) is 6.66 Å². The van der Waals surface area contributed by atoms with Gasteiger partial charge in [-0.05, 0) is 43.7 Å². The van der Waals surface area contributed by atoms with Gasteiger partial charge in [0.05, 0.1) is 0 Å². The van der Waals surface area contributed by atoms with Crippen LogP contribution in [0.5, 0.6) is 0 Å². The van der Waals surface area contributed by atoms with Crippen LogP contribution in [0.15, 0.2) is 0 Å². The number of rotatable bonds is 4. The summed E-state index contributed by atoms with van der Waals surface area (Å²) in [5.74, 6) is 0. The highest BCUT2D eigenvalue weighted by Crippen LogP contribution is 2.55. The Hall–Kier alpha value is 0.430. The van der Waals surface area contributed by atoms with Crippen LogP contribution in [0, 0.1) is 0 Å². The second kappa shape index (κ2) is 5.22. The molecule has 1 rings (SSSR count). The highest BCUT2D eigenvalue weighted by atomic mass is 31.1. The molecule has 0 N–H and O–H groups in total. The predicted molar refractivity (Wildman–Crippen MR) is 59.5 cm³/mol. The van der Waals surface area contributed by atoms with Gasteiger partial charge in [0.2, 0.25) is 0 Å². The van der Waals surface area contributed by atoms with E-state index in [0.717, 1.165) is 11.3 Å². The quantitative estimate of drug-likeness (QED) is 0.576. The van der Waals surface area contributed by atoms with Crippen molar-refractivity contribution in [3.8, 4) is 0 Å². The molecule has 2 atom stereocenters. The Labute approximate surface area is 78.9 Å². The predicted octanol–water partition coefficient (Wildman–Crippen LogP) is 4.23. The fraction of sp³-hybridized carbons (Fsp3) is 1.00. The Bertz CT molecular complexity index is 108. The normalized spacial score (nSPS) is 35.8. The molecule has 2 unspecified atom stereocenters. The van der Waals surface area contributed by atoms with Gasteiger partial charge in [0, 0.05) is 0 Å². The first-order valence-corrected chi connectivity index (χ1v) is 7.44. The largest absolute Gasteiger partial charge is 0.104 e. The Morgan fingerprint density at radius 2 is 1.42 bits per heavy atom. The van der Waals surface area contributed by atoms with Gasteiger partial charge in [-0.3, -0.25) is 0 Å². The molecule has 0 saturated carbocycles. The van der Waals surface area contributed by atoms with Gasteiger partial charge in [-0.2, -0.15) is 0 Å². The van der Waals surface area contributed by atoms with Crippen molar-refractivity contribution in [2.45, 2.75) is 63.7 Å². The molecule has 0 aromatic rings. The fourth-order valence-corrected chi connectivity index (χ4v) is 5.49. The Balaban J connectivity index is 2.32. The molecule has 1 heterocycles. The van der Waals surface area contributed by atoms with E-state index in [4.69, 9.17) is 0 Å². The van der Waals surface area contributed by atoms with Crippen molar-refractivity contribution in [1.29, 1.82) is 0 Å². The highest BCUT2D eigenvalue weighted by molar-refractivity contribution is 7.58. The average Bonchev–Trinajstić information content (AvgIpc) is 2.38. The van der Waals surface area contributed by atoms with E-state index in [1.807, 2.05) is 0 Å².